The van der Waals surface area contributed by atoms with E-state index in [1.807, 2.05) is 24.3 Å². The van der Waals surface area contributed by atoms with Gasteiger partial charge in [-0.1, -0.05) is 42.3 Å². The summed E-state index contributed by atoms with van der Waals surface area (Å²) in [7, 11) is 1.67. The van der Waals surface area contributed by atoms with Crippen molar-refractivity contribution in [3.05, 3.63) is 64.1 Å². The number of urea groups is 1. The number of nitrogens with one attached hydrogen (secondary N) is 1. The number of methoxy groups -OCH3 is 1. The Morgan fingerprint density at radius 1 is 1.15 bits per heavy atom. The third-order valence-corrected chi connectivity index (χ3v) is 5.10. The topological polar surface area (TPSA) is 53.9 Å². The molecular weight excluding hydrogens is 385 g/mol. The number of nitrogens with zero attached hydrogens (tertiary/aromatic N) is 2. The lowest BCUT2D eigenvalue weighted by Gasteiger charge is -2.26. The Labute approximate surface area is 168 Å². The molecule has 1 aliphatic heterocycles. The number of rotatable bonds is 5. The number of anilines is 1. The normalized spacial score (nSPS) is 19.1. The van der Waals surface area contributed by atoms with Gasteiger partial charge in [0.15, 0.2) is 0 Å². The molecule has 2 amide bonds. The van der Waals surface area contributed by atoms with Gasteiger partial charge in [0.1, 0.15) is 0 Å². The van der Waals surface area contributed by atoms with Gasteiger partial charge in [0, 0.05) is 34.9 Å². The molecule has 0 aromatic heterocycles. The van der Waals surface area contributed by atoms with Crippen LogP contribution >= 0.6 is 23.2 Å². The highest BCUT2D eigenvalue weighted by atomic mass is 35.5. The predicted molar refractivity (Wildman–Crippen MR) is 110 cm³/mol. The Morgan fingerprint density at radius 3 is 2.33 bits per heavy atom. The zero-order valence-electron chi connectivity index (χ0n) is 15.2. The number of ether oxygens (including phenoxy) is 1. The van der Waals surface area contributed by atoms with Crippen molar-refractivity contribution in [2.45, 2.75) is 13.3 Å². The zero-order valence-corrected chi connectivity index (χ0v) is 16.7. The molecule has 0 aliphatic carbocycles. The van der Waals surface area contributed by atoms with Crippen molar-refractivity contribution >= 4 is 40.6 Å². The molecule has 1 aliphatic rings. The van der Waals surface area contributed by atoms with Gasteiger partial charge in [-0.15, -0.1) is 0 Å². The molecule has 1 N–H and O–H groups in total. The molecule has 0 bridgehead atoms. The van der Waals surface area contributed by atoms with Crippen LogP contribution in [0.3, 0.4) is 0 Å². The lowest BCUT2D eigenvalue weighted by atomic mass is 9.79. The molecule has 142 valence electrons. The minimum absolute atomic E-state index is 0.287. The third-order valence-electron chi connectivity index (χ3n) is 4.60. The van der Waals surface area contributed by atoms with Crippen molar-refractivity contribution in [2.24, 2.45) is 10.5 Å². The quantitative estimate of drug-likeness (QED) is 0.734. The van der Waals surface area contributed by atoms with Gasteiger partial charge in [-0.3, -0.25) is 0 Å². The van der Waals surface area contributed by atoms with Gasteiger partial charge in [0.2, 0.25) is 0 Å². The summed E-state index contributed by atoms with van der Waals surface area (Å²) in [6.45, 7) is 3.14. The van der Waals surface area contributed by atoms with Crippen LogP contribution in [0.25, 0.3) is 0 Å². The maximum atomic E-state index is 12.7. The van der Waals surface area contributed by atoms with E-state index in [1.165, 1.54) is 5.01 Å². The van der Waals surface area contributed by atoms with Gasteiger partial charge in [-0.2, -0.15) is 5.10 Å². The molecule has 1 atom stereocenters. The fraction of sp³-hybridized carbons (Fsp3) is 0.300. The molecule has 0 saturated carbocycles. The van der Waals surface area contributed by atoms with E-state index in [1.54, 1.807) is 31.4 Å². The summed E-state index contributed by atoms with van der Waals surface area (Å²) in [6, 6.07) is 14.2. The Bertz CT molecular complexity index is 837. The fourth-order valence-corrected chi connectivity index (χ4v) is 3.31. The van der Waals surface area contributed by atoms with E-state index in [0.717, 1.165) is 17.7 Å². The number of hydrogen-bond acceptors (Lipinski definition) is 3. The van der Waals surface area contributed by atoms with Crippen LogP contribution in [0.4, 0.5) is 10.5 Å². The van der Waals surface area contributed by atoms with Gasteiger partial charge in [-0.25, -0.2) is 9.80 Å². The lowest BCUT2D eigenvalue weighted by molar-refractivity contribution is 0.158. The Hall–Kier alpha value is -2.08. The first kappa shape index (κ1) is 19.7. The molecule has 2 aromatic carbocycles. The first-order valence-electron chi connectivity index (χ1n) is 8.59. The molecule has 0 radical (unpaired) electrons. The van der Waals surface area contributed by atoms with E-state index in [-0.39, 0.29) is 11.4 Å². The number of halogens is 2. The van der Waals surface area contributed by atoms with Crippen LogP contribution in [0, 0.1) is 5.41 Å². The molecule has 0 fully saturated rings. The molecule has 5 nitrogen and oxygen atoms in total. The zero-order chi connectivity index (χ0) is 19.4. The smallest absolute Gasteiger partial charge is 0.342 e. The SMILES string of the molecule is COCCC1(C)CN(C(=O)Nc2ccc(Cl)cc2)N=C1c1ccc(Cl)cc1. The highest BCUT2D eigenvalue weighted by molar-refractivity contribution is 6.31. The Balaban J connectivity index is 1.84. The molecule has 27 heavy (non-hydrogen) atoms. The second-order valence-electron chi connectivity index (χ2n) is 6.75. The van der Waals surface area contributed by atoms with E-state index in [4.69, 9.17) is 27.9 Å². The Morgan fingerprint density at radius 2 is 1.74 bits per heavy atom. The number of benzene rings is 2. The summed E-state index contributed by atoms with van der Waals surface area (Å²) >= 11 is 11.9. The number of hydrazone groups is 1. The van der Waals surface area contributed by atoms with Gasteiger partial charge < -0.3 is 10.1 Å². The van der Waals surface area contributed by atoms with Gasteiger partial charge >= 0.3 is 6.03 Å². The summed E-state index contributed by atoms with van der Waals surface area (Å²) < 4.78 is 5.27. The van der Waals surface area contributed by atoms with E-state index < -0.39 is 0 Å². The van der Waals surface area contributed by atoms with E-state index in [9.17, 15) is 4.79 Å². The molecular formula is C20H21Cl2N3O2. The molecule has 0 spiro atoms. The first-order valence-corrected chi connectivity index (χ1v) is 9.35. The van der Waals surface area contributed by atoms with Crippen molar-refractivity contribution in [3.63, 3.8) is 0 Å². The molecule has 1 unspecified atom stereocenters. The van der Waals surface area contributed by atoms with Crippen molar-refractivity contribution < 1.29 is 9.53 Å². The van der Waals surface area contributed by atoms with Gasteiger partial charge in [-0.05, 0) is 48.4 Å². The number of carbonyl (C=O) groups is 1. The highest BCUT2D eigenvalue weighted by Gasteiger charge is 2.41. The van der Waals surface area contributed by atoms with Crippen LogP contribution in [-0.2, 0) is 4.74 Å². The summed E-state index contributed by atoms with van der Waals surface area (Å²) in [5.74, 6) is 0. The largest absolute Gasteiger partial charge is 0.385 e. The second-order valence-corrected chi connectivity index (χ2v) is 7.63. The van der Waals surface area contributed by atoms with Crippen LogP contribution in [0.5, 0.6) is 0 Å². The number of hydrogen-bond donors (Lipinski definition) is 1. The standard InChI is InChI=1S/C20H21Cl2N3O2/c1-20(11-12-27-2)13-25(19(26)23-17-9-7-16(22)8-10-17)24-18(20)14-3-5-15(21)6-4-14/h3-10H,11-13H2,1-2H3,(H,23,26). The van der Waals surface area contributed by atoms with Crippen LogP contribution in [0.2, 0.25) is 10.0 Å². The van der Waals surface area contributed by atoms with Crippen molar-refractivity contribution in [1.29, 1.82) is 0 Å². The van der Waals surface area contributed by atoms with Crippen molar-refractivity contribution in [2.75, 3.05) is 25.6 Å². The number of amides is 2. The summed E-state index contributed by atoms with van der Waals surface area (Å²) in [5.41, 5.74) is 2.14. The number of carbonyl (C=O) groups excluding carboxylic acids is 1. The average molecular weight is 406 g/mol. The molecule has 2 aromatic rings. The third kappa shape index (κ3) is 4.61. The maximum Gasteiger partial charge on any atom is 0.342 e. The van der Waals surface area contributed by atoms with E-state index in [0.29, 0.717) is 28.9 Å². The van der Waals surface area contributed by atoms with Crippen LogP contribution in [-0.4, -0.2) is 37.0 Å². The van der Waals surface area contributed by atoms with Gasteiger partial charge in [0.25, 0.3) is 0 Å². The first-order chi connectivity index (χ1) is 12.9. The van der Waals surface area contributed by atoms with Gasteiger partial charge in [0.05, 0.1) is 12.3 Å². The predicted octanol–water partition coefficient (Wildman–Crippen LogP) is 5.29. The van der Waals surface area contributed by atoms with Crippen LogP contribution < -0.4 is 5.32 Å². The summed E-state index contributed by atoms with van der Waals surface area (Å²) in [4.78, 5) is 12.7. The minimum atomic E-state index is -0.318. The Kier molecular flexibility index (Phi) is 6.05. The molecule has 3 rings (SSSR count). The summed E-state index contributed by atoms with van der Waals surface area (Å²) in [5, 5.41) is 10.2. The van der Waals surface area contributed by atoms with E-state index in [2.05, 4.69) is 17.3 Å². The van der Waals surface area contributed by atoms with E-state index >= 15 is 0 Å². The minimum Gasteiger partial charge on any atom is -0.385 e. The van der Waals surface area contributed by atoms with Crippen LogP contribution in [0.1, 0.15) is 18.9 Å². The maximum absolute atomic E-state index is 12.7. The molecule has 7 heteroatoms. The average Bonchev–Trinajstić information content (AvgIpc) is 3.01. The van der Waals surface area contributed by atoms with Crippen molar-refractivity contribution in [3.8, 4) is 0 Å². The van der Waals surface area contributed by atoms with Crippen LogP contribution in [0.15, 0.2) is 53.6 Å². The molecule has 0 saturated heterocycles. The second kappa shape index (κ2) is 8.30. The fourth-order valence-electron chi connectivity index (χ4n) is 3.06. The van der Waals surface area contributed by atoms with Crippen molar-refractivity contribution in [1.82, 2.24) is 5.01 Å². The highest BCUT2D eigenvalue weighted by Crippen LogP contribution is 2.35. The molecule has 1 heterocycles. The lowest BCUT2D eigenvalue weighted by Crippen LogP contribution is -2.36. The monoisotopic (exact) mass is 405 g/mol. The summed E-state index contributed by atoms with van der Waals surface area (Å²) in [6.07, 6.45) is 0.746.